The second-order valence-corrected chi connectivity index (χ2v) is 5.14. The lowest BCUT2D eigenvalue weighted by Crippen LogP contribution is -2.07. The Balaban J connectivity index is 2.84. The van der Waals surface area contributed by atoms with Crippen LogP contribution in [0.4, 0.5) is 0 Å². The number of rotatable bonds is 4. The molecule has 0 spiro atoms. The second-order valence-electron chi connectivity index (χ2n) is 3.66. The van der Waals surface area contributed by atoms with E-state index in [1.807, 2.05) is 18.7 Å². The van der Waals surface area contributed by atoms with E-state index in [9.17, 15) is 0 Å². The molecule has 2 N–H and O–H groups in total. The monoisotopic (exact) mass is 209 g/mol. The summed E-state index contributed by atoms with van der Waals surface area (Å²) < 4.78 is 0. The number of thioether (sulfide) groups is 1. The van der Waals surface area contributed by atoms with Crippen LogP contribution in [0.1, 0.15) is 38.8 Å². The minimum atomic E-state index is 0.128. The van der Waals surface area contributed by atoms with Crippen molar-refractivity contribution in [3.05, 3.63) is 29.8 Å². The molecule has 0 saturated heterocycles. The third-order valence-electron chi connectivity index (χ3n) is 2.31. The zero-order valence-corrected chi connectivity index (χ0v) is 9.97. The van der Waals surface area contributed by atoms with Crippen LogP contribution >= 0.6 is 11.8 Å². The zero-order valence-electron chi connectivity index (χ0n) is 9.16. The van der Waals surface area contributed by atoms with Gasteiger partial charge in [0.05, 0.1) is 0 Å². The van der Waals surface area contributed by atoms with E-state index in [1.54, 1.807) is 0 Å². The molecule has 1 nitrogen and oxygen atoms in total. The van der Waals surface area contributed by atoms with Gasteiger partial charge in [-0.15, -0.1) is 11.8 Å². The highest BCUT2D eigenvalue weighted by Crippen LogP contribution is 2.30. The van der Waals surface area contributed by atoms with Gasteiger partial charge in [0.1, 0.15) is 0 Å². The van der Waals surface area contributed by atoms with E-state index < -0.39 is 0 Å². The molecule has 0 heterocycles. The first-order valence-electron chi connectivity index (χ1n) is 5.16. The average molecular weight is 209 g/mol. The van der Waals surface area contributed by atoms with E-state index in [2.05, 4.69) is 38.1 Å². The van der Waals surface area contributed by atoms with Gasteiger partial charge in [-0.3, -0.25) is 0 Å². The molecular weight excluding hydrogens is 190 g/mol. The highest BCUT2D eigenvalue weighted by molar-refractivity contribution is 8.00. The molecule has 14 heavy (non-hydrogen) atoms. The van der Waals surface area contributed by atoms with Gasteiger partial charge < -0.3 is 5.73 Å². The maximum absolute atomic E-state index is 5.92. The molecule has 2 unspecified atom stereocenters. The van der Waals surface area contributed by atoms with E-state index >= 15 is 0 Å². The molecule has 78 valence electrons. The van der Waals surface area contributed by atoms with Crippen molar-refractivity contribution in [3.63, 3.8) is 0 Å². The SMILES string of the molecule is CCC(C)Sc1ccccc1C(C)N. The molecule has 2 heteroatoms. The summed E-state index contributed by atoms with van der Waals surface area (Å²) in [6.07, 6.45) is 1.19. The van der Waals surface area contributed by atoms with Crippen LogP contribution in [0, 0.1) is 0 Å². The van der Waals surface area contributed by atoms with Gasteiger partial charge >= 0.3 is 0 Å². The maximum Gasteiger partial charge on any atom is 0.0277 e. The molecule has 0 aromatic heterocycles. The van der Waals surface area contributed by atoms with Crippen molar-refractivity contribution in [1.29, 1.82) is 0 Å². The van der Waals surface area contributed by atoms with Crippen molar-refractivity contribution in [2.75, 3.05) is 0 Å². The summed E-state index contributed by atoms with van der Waals surface area (Å²) in [4.78, 5) is 1.33. The lowest BCUT2D eigenvalue weighted by atomic mass is 10.1. The largest absolute Gasteiger partial charge is 0.324 e. The lowest BCUT2D eigenvalue weighted by Gasteiger charge is -2.14. The Labute approximate surface area is 91.1 Å². The van der Waals surface area contributed by atoms with Crippen LogP contribution in [-0.2, 0) is 0 Å². The fourth-order valence-electron chi connectivity index (χ4n) is 1.26. The number of hydrogen-bond acceptors (Lipinski definition) is 2. The molecule has 1 aromatic rings. The summed E-state index contributed by atoms with van der Waals surface area (Å²) >= 11 is 1.92. The van der Waals surface area contributed by atoms with Crippen molar-refractivity contribution in [3.8, 4) is 0 Å². The van der Waals surface area contributed by atoms with Crippen molar-refractivity contribution >= 4 is 11.8 Å². The highest BCUT2D eigenvalue weighted by Gasteiger charge is 2.08. The minimum Gasteiger partial charge on any atom is -0.324 e. The second kappa shape index (κ2) is 5.42. The topological polar surface area (TPSA) is 26.0 Å². The van der Waals surface area contributed by atoms with Gasteiger partial charge in [-0.2, -0.15) is 0 Å². The van der Waals surface area contributed by atoms with Gasteiger partial charge in [0.15, 0.2) is 0 Å². The van der Waals surface area contributed by atoms with Crippen LogP contribution in [0.15, 0.2) is 29.2 Å². The first kappa shape index (κ1) is 11.6. The highest BCUT2D eigenvalue weighted by atomic mass is 32.2. The quantitative estimate of drug-likeness (QED) is 0.767. The molecule has 0 bridgehead atoms. The summed E-state index contributed by atoms with van der Waals surface area (Å²) in [5.74, 6) is 0. The summed E-state index contributed by atoms with van der Waals surface area (Å²) in [5, 5.41) is 0.662. The Morgan fingerprint density at radius 1 is 1.29 bits per heavy atom. The third kappa shape index (κ3) is 3.03. The molecule has 0 fully saturated rings. The van der Waals surface area contributed by atoms with Crippen LogP contribution < -0.4 is 5.73 Å². The summed E-state index contributed by atoms with van der Waals surface area (Å²) in [7, 11) is 0. The van der Waals surface area contributed by atoms with Gasteiger partial charge in [-0.25, -0.2) is 0 Å². The van der Waals surface area contributed by atoms with E-state index in [4.69, 9.17) is 5.73 Å². The van der Waals surface area contributed by atoms with E-state index in [1.165, 1.54) is 16.9 Å². The van der Waals surface area contributed by atoms with Crippen molar-refractivity contribution in [1.82, 2.24) is 0 Å². The Hall–Kier alpha value is -0.470. The molecule has 0 saturated carbocycles. The molecule has 1 rings (SSSR count). The predicted molar refractivity (Wildman–Crippen MR) is 64.7 cm³/mol. The molecule has 0 aliphatic rings. The summed E-state index contributed by atoms with van der Waals surface area (Å²) in [6, 6.07) is 8.55. The zero-order chi connectivity index (χ0) is 10.6. The van der Waals surface area contributed by atoms with Gasteiger partial charge in [0.2, 0.25) is 0 Å². The van der Waals surface area contributed by atoms with Crippen molar-refractivity contribution in [2.45, 2.75) is 43.4 Å². The van der Waals surface area contributed by atoms with Crippen LogP contribution in [0.5, 0.6) is 0 Å². The first-order valence-corrected chi connectivity index (χ1v) is 6.04. The Bertz CT molecular complexity index is 283. The van der Waals surface area contributed by atoms with Gasteiger partial charge in [-0.1, -0.05) is 32.0 Å². The molecule has 2 atom stereocenters. The Kier molecular flexibility index (Phi) is 4.49. The van der Waals surface area contributed by atoms with E-state index in [-0.39, 0.29) is 6.04 Å². The molecule has 0 amide bonds. The molecule has 0 aliphatic carbocycles. The average Bonchev–Trinajstić information content (AvgIpc) is 2.18. The van der Waals surface area contributed by atoms with Gasteiger partial charge in [0, 0.05) is 16.2 Å². The van der Waals surface area contributed by atoms with E-state index in [0.29, 0.717) is 5.25 Å². The minimum absolute atomic E-state index is 0.128. The molecular formula is C12H19NS. The van der Waals surface area contributed by atoms with Crippen LogP contribution in [0.25, 0.3) is 0 Å². The van der Waals surface area contributed by atoms with Gasteiger partial charge in [0.25, 0.3) is 0 Å². The standard InChI is InChI=1S/C12H19NS/c1-4-9(2)14-12-8-6-5-7-11(12)10(3)13/h5-10H,4,13H2,1-3H3. The van der Waals surface area contributed by atoms with Crippen LogP contribution in [0.2, 0.25) is 0 Å². The lowest BCUT2D eigenvalue weighted by molar-refractivity contribution is 0.795. The molecule has 1 aromatic carbocycles. The van der Waals surface area contributed by atoms with Crippen molar-refractivity contribution in [2.24, 2.45) is 5.73 Å². The Morgan fingerprint density at radius 2 is 1.93 bits per heavy atom. The fraction of sp³-hybridized carbons (Fsp3) is 0.500. The van der Waals surface area contributed by atoms with Crippen molar-refractivity contribution < 1.29 is 0 Å². The Morgan fingerprint density at radius 3 is 2.50 bits per heavy atom. The van der Waals surface area contributed by atoms with Crippen LogP contribution in [-0.4, -0.2) is 5.25 Å². The maximum atomic E-state index is 5.92. The normalized spacial score (nSPS) is 15.1. The third-order valence-corrected chi connectivity index (χ3v) is 3.67. The summed E-state index contributed by atoms with van der Waals surface area (Å²) in [5.41, 5.74) is 7.18. The molecule has 0 radical (unpaired) electrons. The smallest absolute Gasteiger partial charge is 0.0277 e. The summed E-state index contributed by atoms with van der Waals surface area (Å²) in [6.45, 7) is 6.50. The van der Waals surface area contributed by atoms with Gasteiger partial charge in [-0.05, 0) is 25.0 Å². The molecule has 0 aliphatic heterocycles. The van der Waals surface area contributed by atoms with Crippen LogP contribution in [0.3, 0.4) is 0 Å². The van der Waals surface area contributed by atoms with E-state index in [0.717, 1.165) is 0 Å². The first-order chi connectivity index (χ1) is 6.65. The predicted octanol–water partition coefficient (Wildman–Crippen LogP) is 3.60. The number of nitrogens with two attached hydrogens (primary N) is 1. The fourth-order valence-corrected chi connectivity index (χ4v) is 2.41. The number of hydrogen-bond donors (Lipinski definition) is 1. The number of benzene rings is 1.